The molecule has 2 aliphatic rings. The van der Waals surface area contributed by atoms with Gasteiger partial charge < -0.3 is 20.3 Å². The summed E-state index contributed by atoms with van der Waals surface area (Å²) in [6, 6.07) is 6.66. The third kappa shape index (κ3) is 6.53. The Bertz CT molecular complexity index is 748. The number of amides is 1. The first-order valence-electron chi connectivity index (χ1n) is 10.4. The number of hydrogen-bond donors (Lipinski definition) is 2. The van der Waals surface area contributed by atoms with Crippen molar-refractivity contribution in [2.45, 2.75) is 50.9 Å². The van der Waals surface area contributed by atoms with Gasteiger partial charge in [-0.2, -0.15) is 13.2 Å². The van der Waals surface area contributed by atoms with Crippen LogP contribution in [0.25, 0.3) is 0 Å². The summed E-state index contributed by atoms with van der Waals surface area (Å²) in [5.74, 6) is 1.23. The lowest BCUT2D eigenvalue weighted by atomic mass is 10.1. The van der Waals surface area contributed by atoms with Crippen LogP contribution < -0.4 is 15.4 Å². The number of nitrogens with one attached hydrogen (secondary N) is 2. The minimum Gasteiger partial charge on any atom is -0.484 e. The quantitative estimate of drug-likeness (QED) is 0.542. The average molecular weight is 426 g/mol. The summed E-state index contributed by atoms with van der Waals surface area (Å²) in [5.41, 5.74) is 0.780. The van der Waals surface area contributed by atoms with Crippen molar-refractivity contribution >= 4 is 11.9 Å². The SMILES string of the molecule is CN=C(NCc1cccc(OCC(F)(F)F)c1)NC1CCN(C(=O)C2CCCC2)C1. The largest absolute Gasteiger partial charge is 0.484 e. The van der Waals surface area contributed by atoms with Gasteiger partial charge in [0.1, 0.15) is 5.75 Å². The Morgan fingerprint density at radius 1 is 1.27 bits per heavy atom. The number of carbonyl (C=O) groups excluding carboxylic acids is 1. The summed E-state index contributed by atoms with van der Waals surface area (Å²) < 4.78 is 41.7. The second-order valence-electron chi connectivity index (χ2n) is 7.87. The van der Waals surface area contributed by atoms with Crippen LogP contribution in [0.5, 0.6) is 5.75 Å². The fourth-order valence-electron chi connectivity index (χ4n) is 3.99. The molecule has 1 saturated carbocycles. The highest BCUT2D eigenvalue weighted by atomic mass is 19.4. The Balaban J connectivity index is 1.45. The number of aliphatic imine (C=N–C) groups is 1. The first kappa shape index (κ1) is 22.2. The van der Waals surface area contributed by atoms with Gasteiger partial charge >= 0.3 is 6.18 Å². The monoisotopic (exact) mass is 426 g/mol. The Hall–Kier alpha value is -2.45. The van der Waals surface area contributed by atoms with Gasteiger partial charge in [0.2, 0.25) is 5.91 Å². The highest BCUT2D eigenvalue weighted by Gasteiger charge is 2.32. The topological polar surface area (TPSA) is 66.0 Å². The van der Waals surface area contributed by atoms with Gasteiger partial charge in [-0.25, -0.2) is 0 Å². The van der Waals surface area contributed by atoms with Crippen LogP contribution >= 0.6 is 0 Å². The zero-order valence-electron chi connectivity index (χ0n) is 17.2. The summed E-state index contributed by atoms with van der Waals surface area (Å²) >= 11 is 0. The fourth-order valence-corrected chi connectivity index (χ4v) is 3.99. The highest BCUT2D eigenvalue weighted by molar-refractivity contribution is 5.81. The molecule has 0 radical (unpaired) electrons. The number of guanidine groups is 1. The molecule has 30 heavy (non-hydrogen) atoms. The van der Waals surface area contributed by atoms with E-state index >= 15 is 0 Å². The van der Waals surface area contributed by atoms with Crippen LogP contribution in [0.3, 0.4) is 0 Å². The minimum absolute atomic E-state index is 0.128. The maximum absolute atomic E-state index is 12.6. The number of carbonyl (C=O) groups is 1. The zero-order chi connectivity index (χ0) is 21.6. The van der Waals surface area contributed by atoms with Crippen LogP contribution in [-0.2, 0) is 11.3 Å². The van der Waals surface area contributed by atoms with Crippen LogP contribution in [0, 0.1) is 5.92 Å². The van der Waals surface area contributed by atoms with E-state index in [2.05, 4.69) is 15.6 Å². The Morgan fingerprint density at radius 3 is 2.73 bits per heavy atom. The van der Waals surface area contributed by atoms with Crippen molar-refractivity contribution in [2.75, 3.05) is 26.7 Å². The van der Waals surface area contributed by atoms with Gasteiger partial charge in [-0.05, 0) is 37.0 Å². The lowest BCUT2D eigenvalue weighted by Gasteiger charge is -2.21. The molecule has 1 aliphatic heterocycles. The summed E-state index contributed by atoms with van der Waals surface area (Å²) in [4.78, 5) is 18.7. The van der Waals surface area contributed by atoms with Crippen molar-refractivity contribution < 1.29 is 22.7 Å². The number of nitrogens with zero attached hydrogens (tertiary/aromatic N) is 2. The molecule has 1 aromatic carbocycles. The predicted octanol–water partition coefficient (Wildman–Crippen LogP) is 3.08. The second kappa shape index (κ2) is 10.0. The normalized spacial score (nSPS) is 20.5. The van der Waals surface area contributed by atoms with Gasteiger partial charge in [-0.1, -0.05) is 25.0 Å². The van der Waals surface area contributed by atoms with Crippen molar-refractivity contribution in [2.24, 2.45) is 10.9 Å². The van der Waals surface area contributed by atoms with Crippen molar-refractivity contribution in [1.29, 1.82) is 0 Å². The summed E-state index contributed by atoms with van der Waals surface area (Å²) in [6.45, 7) is 0.491. The molecule has 1 saturated heterocycles. The molecule has 6 nitrogen and oxygen atoms in total. The molecular formula is C21H29F3N4O2. The molecule has 0 bridgehead atoms. The van der Waals surface area contributed by atoms with Crippen LogP contribution in [0.2, 0.25) is 0 Å². The third-order valence-corrected chi connectivity index (χ3v) is 5.53. The van der Waals surface area contributed by atoms with Gasteiger partial charge in [0.15, 0.2) is 12.6 Å². The average Bonchev–Trinajstić information content (AvgIpc) is 3.41. The molecule has 1 aromatic rings. The zero-order valence-corrected chi connectivity index (χ0v) is 17.2. The van der Waals surface area contributed by atoms with E-state index in [0.29, 0.717) is 19.0 Å². The first-order chi connectivity index (χ1) is 14.3. The van der Waals surface area contributed by atoms with E-state index in [1.54, 1.807) is 25.2 Å². The Labute approximate surface area is 174 Å². The van der Waals surface area contributed by atoms with Crippen molar-refractivity contribution in [1.82, 2.24) is 15.5 Å². The van der Waals surface area contributed by atoms with Gasteiger partial charge in [-0.3, -0.25) is 9.79 Å². The molecule has 1 amide bonds. The Morgan fingerprint density at radius 2 is 2.03 bits per heavy atom. The number of likely N-dealkylation sites (tertiary alicyclic amines) is 1. The molecule has 2 fully saturated rings. The lowest BCUT2D eigenvalue weighted by Crippen LogP contribution is -2.45. The molecule has 0 aromatic heterocycles. The lowest BCUT2D eigenvalue weighted by molar-refractivity contribution is -0.153. The van der Waals surface area contributed by atoms with E-state index in [1.807, 2.05) is 4.90 Å². The highest BCUT2D eigenvalue weighted by Crippen LogP contribution is 2.28. The van der Waals surface area contributed by atoms with Crippen molar-refractivity contribution in [3.8, 4) is 5.75 Å². The van der Waals surface area contributed by atoms with Gasteiger partial charge in [0.25, 0.3) is 0 Å². The number of rotatable bonds is 6. The fraction of sp³-hybridized carbons (Fsp3) is 0.619. The van der Waals surface area contributed by atoms with E-state index in [-0.39, 0.29) is 23.6 Å². The number of alkyl halides is 3. The molecule has 166 valence electrons. The molecular weight excluding hydrogens is 397 g/mol. The number of ether oxygens (including phenoxy) is 1. The van der Waals surface area contributed by atoms with E-state index in [0.717, 1.165) is 44.2 Å². The minimum atomic E-state index is -4.37. The summed E-state index contributed by atoms with van der Waals surface area (Å²) in [6.07, 6.45) is 0.787. The smallest absolute Gasteiger partial charge is 0.422 e. The maximum Gasteiger partial charge on any atom is 0.422 e. The Kier molecular flexibility index (Phi) is 7.44. The van der Waals surface area contributed by atoms with Gasteiger partial charge in [0.05, 0.1) is 0 Å². The van der Waals surface area contributed by atoms with Crippen LogP contribution in [0.1, 0.15) is 37.7 Å². The molecule has 1 unspecified atom stereocenters. The molecule has 2 N–H and O–H groups in total. The van der Waals surface area contributed by atoms with Gasteiger partial charge in [0, 0.05) is 38.6 Å². The van der Waals surface area contributed by atoms with E-state index in [4.69, 9.17) is 4.74 Å². The number of halogens is 3. The van der Waals surface area contributed by atoms with E-state index in [1.165, 1.54) is 6.07 Å². The molecule has 3 rings (SSSR count). The molecule has 9 heteroatoms. The number of hydrogen-bond acceptors (Lipinski definition) is 3. The third-order valence-electron chi connectivity index (χ3n) is 5.53. The van der Waals surface area contributed by atoms with Crippen LogP contribution in [0.4, 0.5) is 13.2 Å². The van der Waals surface area contributed by atoms with Gasteiger partial charge in [-0.15, -0.1) is 0 Å². The predicted molar refractivity (Wildman–Crippen MR) is 108 cm³/mol. The summed E-state index contributed by atoms with van der Waals surface area (Å²) in [5, 5.41) is 6.50. The second-order valence-corrected chi connectivity index (χ2v) is 7.87. The first-order valence-corrected chi connectivity index (χ1v) is 10.4. The molecule has 1 aliphatic carbocycles. The number of benzene rings is 1. The van der Waals surface area contributed by atoms with Crippen LogP contribution in [0.15, 0.2) is 29.3 Å². The summed E-state index contributed by atoms with van der Waals surface area (Å²) in [7, 11) is 1.66. The molecule has 1 heterocycles. The van der Waals surface area contributed by atoms with Crippen LogP contribution in [-0.4, -0.2) is 55.7 Å². The van der Waals surface area contributed by atoms with E-state index < -0.39 is 12.8 Å². The molecule has 0 spiro atoms. The van der Waals surface area contributed by atoms with E-state index in [9.17, 15) is 18.0 Å². The standard InChI is InChI=1S/C21H29F3N4O2/c1-25-20(26-12-15-5-4-8-18(11-15)30-14-21(22,23)24)27-17-9-10-28(13-17)19(29)16-6-2-3-7-16/h4-5,8,11,16-17H,2-3,6-7,9-10,12-14H2,1H3,(H2,25,26,27). The maximum atomic E-state index is 12.6. The molecule has 1 atom stereocenters. The van der Waals surface area contributed by atoms with Crippen molar-refractivity contribution in [3.05, 3.63) is 29.8 Å². The van der Waals surface area contributed by atoms with Crippen molar-refractivity contribution in [3.63, 3.8) is 0 Å².